The number of hydrogen-bond acceptors (Lipinski definition) is 4. The van der Waals surface area contributed by atoms with Gasteiger partial charge in [-0.25, -0.2) is 8.42 Å². The fraction of sp³-hybridized carbons (Fsp3) is 0.355. The van der Waals surface area contributed by atoms with Crippen LogP contribution in [0.25, 0.3) is 0 Å². The molecule has 0 saturated heterocycles. The van der Waals surface area contributed by atoms with E-state index in [2.05, 4.69) is 5.32 Å². The molecule has 7 nitrogen and oxygen atoms in total. The third-order valence-corrected chi connectivity index (χ3v) is 8.27. The molecule has 39 heavy (non-hydrogen) atoms. The zero-order chi connectivity index (χ0) is 28.4. The number of anilines is 1. The number of benzene rings is 3. The first-order valence-corrected chi connectivity index (χ1v) is 14.8. The zero-order valence-electron chi connectivity index (χ0n) is 23.2. The van der Waals surface area contributed by atoms with Gasteiger partial charge in [-0.1, -0.05) is 87.0 Å². The highest BCUT2D eigenvalue weighted by atomic mass is 32.2. The van der Waals surface area contributed by atoms with E-state index < -0.39 is 28.5 Å². The van der Waals surface area contributed by atoms with Crippen molar-refractivity contribution in [1.82, 2.24) is 10.2 Å². The lowest BCUT2D eigenvalue weighted by atomic mass is 10.1. The van der Waals surface area contributed by atoms with Crippen LogP contribution < -0.4 is 9.62 Å². The average Bonchev–Trinajstić information content (AvgIpc) is 2.94. The van der Waals surface area contributed by atoms with Gasteiger partial charge in [-0.15, -0.1) is 0 Å². The molecule has 0 aliphatic carbocycles. The third-order valence-electron chi connectivity index (χ3n) is 6.49. The number of carbonyl (C=O) groups is 2. The van der Waals surface area contributed by atoms with Crippen LogP contribution in [0.3, 0.4) is 0 Å². The van der Waals surface area contributed by atoms with Gasteiger partial charge in [0.05, 0.1) is 10.6 Å². The Morgan fingerprint density at radius 2 is 1.46 bits per heavy atom. The number of aryl methyl sites for hydroxylation is 1. The molecule has 0 radical (unpaired) electrons. The van der Waals surface area contributed by atoms with Crippen molar-refractivity contribution in [2.45, 2.75) is 51.5 Å². The number of hydrogen-bond donors (Lipinski definition) is 1. The molecule has 0 aliphatic rings. The normalized spacial score (nSPS) is 12.1. The second kappa shape index (κ2) is 13.9. The van der Waals surface area contributed by atoms with Crippen LogP contribution in [-0.2, 0) is 26.0 Å². The van der Waals surface area contributed by atoms with E-state index in [0.717, 1.165) is 15.4 Å². The van der Waals surface area contributed by atoms with Gasteiger partial charge in [-0.2, -0.15) is 0 Å². The Morgan fingerprint density at radius 3 is 2.03 bits per heavy atom. The van der Waals surface area contributed by atoms with E-state index in [0.29, 0.717) is 25.1 Å². The predicted octanol–water partition coefficient (Wildman–Crippen LogP) is 4.81. The fourth-order valence-electron chi connectivity index (χ4n) is 4.28. The summed E-state index contributed by atoms with van der Waals surface area (Å²) in [5, 5.41) is 2.95. The summed E-state index contributed by atoms with van der Waals surface area (Å²) in [6, 6.07) is 24.1. The second-order valence-corrected chi connectivity index (χ2v) is 11.9. The van der Waals surface area contributed by atoms with Crippen LogP contribution in [0, 0.1) is 12.8 Å². The Labute approximate surface area is 232 Å². The molecule has 0 unspecified atom stereocenters. The van der Waals surface area contributed by atoms with Crippen LogP contribution in [0.2, 0.25) is 0 Å². The van der Waals surface area contributed by atoms with Gasteiger partial charge >= 0.3 is 0 Å². The second-order valence-electron chi connectivity index (χ2n) is 10.0. The first-order chi connectivity index (χ1) is 18.6. The molecule has 208 valence electrons. The largest absolute Gasteiger partial charge is 0.354 e. The van der Waals surface area contributed by atoms with Gasteiger partial charge in [-0.3, -0.25) is 13.9 Å². The Balaban J connectivity index is 1.97. The van der Waals surface area contributed by atoms with E-state index in [1.165, 1.54) is 17.0 Å². The molecule has 0 spiro atoms. The molecular weight excluding hydrogens is 510 g/mol. The molecule has 3 aromatic rings. The maximum atomic E-state index is 14.0. The molecule has 1 atom stereocenters. The summed E-state index contributed by atoms with van der Waals surface area (Å²) in [4.78, 5) is 28.8. The van der Waals surface area contributed by atoms with E-state index in [4.69, 9.17) is 0 Å². The number of nitrogens with zero attached hydrogens (tertiary/aromatic N) is 2. The summed E-state index contributed by atoms with van der Waals surface area (Å²) in [5.74, 6) is -0.411. The van der Waals surface area contributed by atoms with Gasteiger partial charge in [0.1, 0.15) is 12.6 Å². The molecule has 0 aliphatic heterocycles. The Morgan fingerprint density at radius 1 is 0.872 bits per heavy atom. The minimum atomic E-state index is -4.05. The lowest BCUT2D eigenvalue weighted by Gasteiger charge is -2.33. The van der Waals surface area contributed by atoms with Gasteiger partial charge in [0.15, 0.2) is 0 Å². The van der Waals surface area contributed by atoms with Crippen molar-refractivity contribution < 1.29 is 18.0 Å². The van der Waals surface area contributed by atoms with E-state index in [-0.39, 0.29) is 23.3 Å². The number of nitrogens with one attached hydrogen (secondary N) is 1. The zero-order valence-corrected chi connectivity index (χ0v) is 24.0. The van der Waals surface area contributed by atoms with Crippen LogP contribution in [0.5, 0.6) is 0 Å². The predicted molar refractivity (Wildman–Crippen MR) is 156 cm³/mol. The molecular formula is C31H39N3O4S. The highest BCUT2D eigenvalue weighted by molar-refractivity contribution is 7.92. The standard InChI is InChI=1S/C31H39N3O4S/c1-5-29(31(36)32-22-24(2)3)33(21-20-26-12-8-6-9-13-26)30(35)23-34(27-18-16-25(4)17-19-27)39(37,38)28-14-10-7-11-15-28/h6-19,24,29H,5,20-23H2,1-4H3,(H,32,36)/t29-/m1/s1. The van der Waals surface area contributed by atoms with Crippen LogP contribution in [0.1, 0.15) is 38.3 Å². The fourth-order valence-corrected chi connectivity index (χ4v) is 5.71. The van der Waals surface area contributed by atoms with Crippen LogP contribution in [-0.4, -0.2) is 50.8 Å². The van der Waals surface area contributed by atoms with Crippen LogP contribution in [0.4, 0.5) is 5.69 Å². The number of rotatable bonds is 13. The summed E-state index contributed by atoms with van der Waals surface area (Å²) >= 11 is 0. The van der Waals surface area contributed by atoms with E-state index in [1.807, 2.05) is 70.2 Å². The minimum Gasteiger partial charge on any atom is -0.354 e. The highest BCUT2D eigenvalue weighted by Gasteiger charge is 2.33. The summed E-state index contributed by atoms with van der Waals surface area (Å²) < 4.78 is 28.7. The molecule has 8 heteroatoms. The van der Waals surface area contributed by atoms with E-state index in [1.54, 1.807) is 30.3 Å². The summed E-state index contributed by atoms with van der Waals surface area (Å²) in [6.45, 7) is 8.14. The van der Waals surface area contributed by atoms with Gasteiger partial charge < -0.3 is 10.2 Å². The Hall–Kier alpha value is -3.65. The quantitative estimate of drug-likeness (QED) is 0.331. The van der Waals surface area contributed by atoms with Crippen molar-refractivity contribution in [2.75, 3.05) is 23.9 Å². The van der Waals surface area contributed by atoms with Crippen molar-refractivity contribution in [2.24, 2.45) is 5.92 Å². The van der Waals surface area contributed by atoms with Crippen molar-refractivity contribution in [3.05, 3.63) is 96.1 Å². The SMILES string of the molecule is CC[C@H](C(=O)NCC(C)C)N(CCc1ccccc1)C(=O)CN(c1ccc(C)cc1)S(=O)(=O)c1ccccc1. The summed E-state index contributed by atoms with van der Waals surface area (Å²) in [6.07, 6.45) is 0.941. The van der Waals surface area contributed by atoms with E-state index in [9.17, 15) is 18.0 Å². The van der Waals surface area contributed by atoms with Gasteiger partial charge in [0.2, 0.25) is 11.8 Å². The van der Waals surface area contributed by atoms with Crippen molar-refractivity contribution >= 4 is 27.5 Å². The Bertz CT molecular complexity index is 1310. The molecule has 0 bridgehead atoms. The molecule has 2 amide bonds. The summed E-state index contributed by atoms with van der Waals surface area (Å²) in [7, 11) is -4.05. The highest BCUT2D eigenvalue weighted by Crippen LogP contribution is 2.25. The smallest absolute Gasteiger partial charge is 0.264 e. The lowest BCUT2D eigenvalue weighted by Crippen LogP contribution is -2.53. The third kappa shape index (κ3) is 8.17. The molecule has 0 heterocycles. The van der Waals surface area contributed by atoms with Gasteiger partial charge in [0.25, 0.3) is 10.0 Å². The van der Waals surface area contributed by atoms with Crippen LogP contribution >= 0.6 is 0 Å². The van der Waals surface area contributed by atoms with Gasteiger partial charge in [0, 0.05) is 13.1 Å². The van der Waals surface area contributed by atoms with E-state index >= 15 is 0 Å². The lowest BCUT2D eigenvalue weighted by molar-refractivity contribution is -0.139. The minimum absolute atomic E-state index is 0.0935. The average molecular weight is 550 g/mol. The maximum absolute atomic E-state index is 14.0. The number of carbonyl (C=O) groups excluding carboxylic acids is 2. The summed E-state index contributed by atoms with van der Waals surface area (Å²) in [5.41, 5.74) is 2.39. The first kappa shape index (κ1) is 29.9. The Kier molecular flexibility index (Phi) is 10.7. The topological polar surface area (TPSA) is 86.8 Å². The molecule has 1 N–H and O–H groups in total. The van der Waals surface area contributed by atoms with Crippen molar-refractivity contribution in [1.29, 1.82) is 0 Å². The molecule has 0 aromatic heterocycles. The van der Waals surface area contributed by atoms with Crippen molar-refractivity contribution in [3.63, 3.8) is 0 Å². The molecule has 0 fully saturated rings. The first-order valence-electron chi connectivity index (χ1n) is 13.4. The number of sulfonamides is 1. The molecule has 3 rings (SSSR count). The monoisotopic (exact) mass is 549 g/mol. The number of amides is 2. The van der Waals surface area contributed by atoms with Gasteiger partial charge in [-0.05, 0) is 55.5 Å². The maximum Gasteiger partial charge on any atom is 0.264 e. The molecule has 3 aromatic carbocycles. The van der Waals surface area contributed by atoms with Crippen LogP contribution in [0.15, 0.2) is 89.8 Å². The van der Waals surface area contributed by atoms with Crippen molar-refractivity contribution in [3.8, 4) is 0 Å². The molecule has 0 saturated carbocycles.